The molecule has 11 heteroatoms. The van der Waals surface area contributed by atoms with Crippen molar-refractivity contribution in [3.05, 3.63) is 83.9 Å². The van der Waals surface area contributed by atoms with Crippen LogP contribution in [-0.2, 0) is 30.6 Å². The fourth-order valence-corrected chi connectivity index (χ4v) is 5.64. The van der Waals surface area contributed by atoms with Crippen LogP contribution < -0.4 is 10.5 Å². The Balaban J connectivity index is 0.00000484. The van der Waals surface area contributed by atoms with Crippen molar-refractivity contribution < 1.29 is 27.5 Å². The van der Waals surface area contributed by atoms with Gasteiger partial charge in [0, 0.05) is 18.4 Å². The minimum atomic E-state index is -3.25. The first-order valence-electron chi connectivity index (χ1n) is 13.4. The maximum Gasteiger partial charge on any atom is 0.306 e. The summed E-state index contributed by atoms with van der Waals surface area (Å²) in [5, 5.41) is 7.54. The van der Waals surface area contributed by atoms with E-state index in [2.05, 4.69) is 0 Å². The number of methoxy groups -OCH3 is 1. The number of carbonyl (C=O) groups excluding carboxylic acids is 2. The third kappa shape index (κ3) is 8.33. The first kappa shape index (κ1) is 32.6. The molecule has 4 rings (SSSR count). The van der Waals surface area contributed by atoms with Gasteiger partial charge in [-0.3, -0.25) is 15.0 Å². The van der Waals surface area contributed by atoms with Gasteiger partial charge in [-0.05, 0) is 60.2 Å². The van der Waals surface area contributed by atoms with E-state index < -0.39 is 21.7 Å². The standard InChI is InChI=1S/C31H35N3O6S.ClH/c1-39-29(35)19-25-18-26(34(31(25)36)17-3-4-21-5-15-28(16-6-21)41(2,37)38)20-40-27-13-11-23(12-14-27)22-7-9-24(10-8-22)30(32)33;/h5-16,25-26H,3-4,17-20H2,1-2H3,(H3,32,33);1H/t25-,26-;/m0./s1. The number of rotatable bonds is 12. The van der Waals surface area contributed by atoms with Gasteiger partial charge in [0.25, 0.3) is 0 Å². The number of nitrogens with zero attached hydrogens (tertiary/aromatic N) is 1. The summed E-state index contributed by atoms with van der Waals surface area (Å²) in [5.41, 5.74) is 9.17. The number of amidine groups is 1. The van der Waals surface area contributed by atoms with E-state index in [1.54, 1.807) is 29.2 Å². The Morgan fingerprint density at radius 1 is 1.00 bits per heavy atom. The lowest BCUT2D eigenvalue weighted by Crippen LogP contribution is -2.38. The molecule has 1 amide bonds. The number of aryl methyl sites for hydroxylation is 1. The Bertz CT molecular complexity index is 1490. The number of hydrogen-bond acceptors (Lipinski definition) is 7. The molecule has 0 aromatic heterocycles. The molecule has 1 aliphatic heterocycles. The molecule has 3 N–H and O–H groups in total. The van der Waals surface area contributed by atoms with Crippen LogP contribution in [0.25, 0.3) is 11.1 Å². The van der Waals surface area contributed by atoms with Gasteiger partial charge in [0.1, 0.15) is 18.2 Å². The second-order valence-corrected chi connectivity index (χ2v) is 12.3. The normalized spacial score (nSPS) is 16.5. The van der Waals surface area contributed by atoms with Crippen LogP contribution in [0.5, 0.6) is 5.75 Å². The van der Waals surface area contributed by atoms with Crippen LogP contribution in [0, 0.1) is 11.3 Å². The Morgan fingerprint density at radius 3 is 2.14 bits per heavy atom. The minimum Gasteiger partial charge on any atom is -0.491 e. The number of nitrogen functional groups attached to an aromatic ring is 1. The molecule has 3 aromatic carbocycles. The first-order valence-corrected chi connectivity index (χ1v) is 15.3. The lowest BCUT2D eigenvalue weighted by molar-refractivity contribution is -0.144. The third-order valence-electron chi connectivity index (χ3n) is 7.31. The number of carbonyl (C=O) groups is 2. The predicted molar refractivity (Wildman–Crippen MR) is 164 cm³/mol. The quantitative estimate of drug-likeness (QED) is 0.177. The first-order chi connectivity index (χ1) is 19.5. The summed E-state index contributed by atoms with van der Waals surface area (Å²) < 4.78 is 34.3. The maximum absolute atomic E-state index is 13.2. The molecule has 2 atom stereocenters. The number of benzene rings is 3. The lowest BCUT2D eigenvalue weighted by atomic mass is 10.0. The molecule has 9 nitrogen and oxygen atoms in total. The van der Waals surface area contributed by atoms with Gasteiger partial charge < -0.3 is 20.1 Å². The largest absolute Gasteiger partial charge is 0.491 e. The van der Waals surface area contributed by atoms with E-state index in [1.165, 1.54) is 13.4 Å². The second kappa shape index (κ2) is 14.3. The highest BCUT2D eigenvalue weighted by molar-refractivity contribution is 7.90. The Labute approximate surface area is 252 Å². The predicted octanol–water partition coefficient (Wildman–Crippen LogP) is 4.25. The molecule has 0 unspecified atom stereocenters. The molecule has 0 saturated carbocycles. The summed E-state index contributed by atoms with van der Waals surface area (Å²) in [7, 11) is -1.94. The van der Waals surface area contributed by atoms with Crippen molar-refractivity contribution in [3.8, 4) is 16.9 Å². The van der Waals surface area contributed by atoms with Gasteiger partial charge in [-0.15, -0.1) is 12.4 Å². The van der Waals surface area contributed by atoms with Gasteiger partial charge in [-0.1, -0.05) is 48.5 Å². The van der Waals surface area contributed by atoms with Crippen molar-refractivity contribution >= 4 is 40.0 Å². The number of hydrogen-bond donors (Lipinski definition) is 2. The number of halogens is 1. The monoisotopic (exact) mass is 613 g/mol. The average Bonchev–Trinajstić information content (AvgIpc) is 3.25. The molecule has 1 fully saturated rings. The maximum atomic E-state index is 13.2. The molecule has 3 aromatic rings. The van der Waals surface area contributed by atoms with Crippen LogP contribution in [0.1, 0.15) is 30.4 Å². The summed E-state index contributed by atoms with van der Waals surface area (Å²) in [4.78, 5) is 27.2. The van der Waals surface area contributed by atoms with Crippen molar-refractivity contribution in [3.63, 3.8) is 0 Å². The number of ether oxygens (including phenoxy) is 2. The molecule has 0 bridgehead atoms. The van der Waals surface area contributed by atoms with Gasteiger partial charge in [0.2, 0.25) is 5.91 Å². The molecule has 224 valence electrons. The van der Waals surface area contributed by atoms with E-state index in [0.29, 0.717) is 43.7 Å². The van der Waals surface area contributed by atoms with E-state index in [-0.39, 0.29) is 41.5 Å². The van der Waals surface area contributed by atoms with Crippen LogP contribution in [0.4, 0.5) is 0 Å². The molecule has 1 heterocycles. The van der Waals surface area contributed by atoms with Crippen molar-refractivity contribution in [2.75, 3.05) is 26.5 Å². The molecular formula is C31H36ClN3O6S. The highest BCUT2D eigenvalue weighted by atomic mass is 35.5. The van der Waals surface area contributed by atoms with Crippen molar-refractivity contribution in [1.82, 2.24) is 4.90 Å². The Kier molecular flexibility index (Phi) is 11.1. The molecule has 1 aliphatic rings. The van der Waals surface area contributed by atoms with Gasteiger partial charge in [-0.25, -0.2) is 8.42 Å². The summed E-state index contributed by atoms with van der Waals surface area (Å²) in [6.45, 7) is 0.784. The van der Waals surface area contributed by atoms with E-state index in [9.17, 15) is 18.0 Å². The molecular weight excluding hydrogens is 578 g/mol. The summed E-state index contributed by atoms with van der Waals surface area (Å²) in [5.74, 6) is -0.255. The summed E-state index contributed by atoms with van der Waals surface area (Å²) >= 11 is 0. The number of nitrogens with one attached hydrogen (secondary N) is 1. The summed E-state index contributed by atoms with van der Waals surface area (Å²) in [6.07, 6.45) is 3.07. The van der Waals surface area contributed by atoms with Crippen LogP contribution >= 0.6 is 12.4 Å². The fourth-order valence-electron chi connectivity index (χ4n) is 5.01. The minimum absolute atomic E-state index is 0. The second-order valence-electron chi connectivity index (χ2n) is 10.2. The molecule has 0 radical (unpaired) electrons. The van der Waals surface area contributed by atoms with Crippen molar-refractivity contribution in [2.45, 2.75) is 36.6 Å². The van der Waals surface area contributed by atoms with Crippen LogP contribution in [-0.4, -0.2) is 63.6 Å². The Morgan fingerprint density at radius 2 is 1.60 bits per heavy atom. The van der Waals surface area contributed by atoms with E-state index in [0.717, 1.165) is 16.7 Å². The van der Waals surface area contributed by atoms with Gasteiger partial charge in [-0.2, -0.15) is 0 Å². The molecule has 42 heavy (non-hydrogen) atoms. The van der Waals surface area contributed by atoms with E-state index >= 15 is 0 Å². The lowest BCUT2D eigenvalue weighted by Gasteiger charge is -2.25. The van der Waals surface area contributed by atoms with Crippen LogP contribution in [0.2, 0.25) is 0 Å². The molecule has 1 saturated heterocycles. The average molecular weight is 614 g/mol. The SMILES string of the molecule is COC(=O)C[C@@H]1C[C@@H](COc2ccc(-c3ccc(C(=N)N)cc3)cc2)N(CCCc2ccc(S(C)(=O)=O)cc2)C1=O.Cl. The van der Waals surface area contributed by atoms with Crippen molar-refractivity contribution in [2.24, 2.45) is 11.7 Å². The van der Waals surface area contributed by atoms with Gasteiger partial charge in [0.05, 0.1) is 30.4 Å². The zero-order valence-electron chi connectivity index (χ0n) is 23.6. The number of sulfone groups is 1. The molecule has 0 spiro atoms. The van der Waals surface area contributed by atoms with E-state index in [1.807, 2.05) is 48.5 Å². The van der Waals surface area contributed by atoms with Gasteiger partial charge in [0.15, 0.2) is 9.84 Å². The summed E-state index contributed by atoms with van der Waals surface area (Å²) in [6, 6.07) is 21.7. The zero-order chi connectivity index (χ0) is 29.6. The highest BCUT2D eigenvalue weighted by Gasteiger charge is 2.40. The van der Waals surface area contributed by atoms with Crippen LogP contribution in [0.3, 0.4) is 0 Å². The van der Waals surface area contributed by atoms with Crippen LogP contribution in [0.15, 0.2) is 77.7 Å². The number of amides is 1. The smallest absolute Gasteiger partial charge is 0.306 e. The topological polar surface area (TPSA) is 140 Å². The number of likely N-dealkylation sites (tertiary alicyclic amines) is 1. The fraction of sp³-hybridized carbons (Fsp3) is 0.323. The Hall–Kier alpha value is -3.89. The van der Waals surface area contributed by atoms with Gasteiger partial charge >= 0.3 is 5.97 Å². The number of nitrogens with two attached hydrogens (primary N) is 1. The number of esters is 1. The third-order valence-corrected chi connectivity index (χ3v) is 8.44. The highest BCUT2D eigenvalue weighted by Crippen LogP contribution is 2.30. The zero-order valence-corrected chi connectivity index (χ0v) is 25.2. The van der Waals surface area contributed by atoms with E-state index in [4.69, 9.17) is 20.6 Å². The van der Waals surface area contributed by atoms with Crippen molar-refractivity contribution in [1.29, 1.82) is 5.41 Å². The molecule has 0 aliphatic carbocycles.